The van der Waals surface area contributed by atoms with Crippen LogP contribution >= 0.6 is 11.5 Å². The summed E-state index contributed by atoms with van der Waals surface area (Å²) in [7, 11) is 0. The summed E-state index contributed by atoms with van der Waals surface area (Å²) < 4.78 is 8.96. The molecule has 0 spiro atoms. The van der Waals surface area contributed by atoms with Crippen LogP contribution < -0.4 is 15.8 Å². The van der Waals surface area contributed by atoms with Crippen molar-refractivity contribution in [2.75, 3.05) is 18.5 Å². The highest BCUT2D eigenvalue weighted by molar-refractivity contribution is 7.07. The van der Waals surface area contributed by atoms with Crippen LogP contribution in [-0.4, -0.2) is 28.6 Å². The second-order valence-corrected chi connectivity index (χ2v) is 4.18. The van der Waals surface area contributed by atoms with Gasteiger partial charge in [-0.25, -0.2) is 0 Å². The molecule has 3 N–H and O–H groups in total. The maximum Gasteiger partial charge on any atom is 0.269 e. The minimum Gasteiger partial charge on any atom is -0.492 e. The third-order valence-electron chi connectivity index (χ3n) is 2.08. The lowest BCUT2D eigenvalue weighted by Gasteiger charge is -2.06. The summed E-state index contributed by atoms with van der Waals surface area (Å²) in [4.78, 5) is 12.2. The maximum atomic E-state index is 11.7. The predicted octanol–water partition coefficient (Wildman–Crippen LogP) is 1.13. The van der Waals surface area contributed by atoms with E-state index in [0.717, 1.165) is 17.3 Å². The average molecular weight is 264 g/mol. The van der Waals surface area contributed by atoms with Crippen molar-refractivity contribution in [3.63, 3.8) is 0 Å². The topological polar surface area (TPSA) is 90.1 Å². The van der Waals surface area contributed by atoms with Crippen molar-refractivity contribution in [1.29, 1.82) is 0 Å². The van der Waals surface area contributed by atoms with E-state index >= 15 is 0 Å². The number of anilines is 1. The molecule has 1 heterocycles. The number of nitrogens with two attached hydrogens (primary N) is 1. The number of rotatable bonds is 5. The third-order valence-corrected chi connectivity index (χ3v) is 2.75. The fourth-order valence-electron chi connectivity index (χ4n) is 1.27. The molecule has 2 aromatic rings. The Morgan fingerprint density at radius 3 is 2.78 bits per heavy atom. The van der Waals surface area contributed by atoms with Gasteiger partial charge in [0.15, 0.2) is 0 Å². The molecule has 0 aliphatic carbocycles. The molecular formula is C11H12N4O2S. The number of nitrogens with one attached hydrogen (secondary N) is 1. The molecule has 1 amide bonds. The molecular weight excluding hydrogens is 252 g/mol. The van der Waals surface area contributed by atoms with Crippen molar-refractivity contribution in [2.24, 2.45) is 5.73 Å². The maximum absolute atomic E-state index is 11.7. The molecule has 7 heteroatoms. The second-order valence-electron chi connectivity index (χ2n) is 3.40. The largest absolute Gasteiger partial charge is 0.492 e. The molecule has 0 aliphatic rings. The number of ether oxygens (including phenoxy) is 1. The van der Waals surface area contributed by atoms with E-state index in [1.165, 1.54) is 6.20 Å². The first-order valence-corrected chi connectivity index (χ1v) is 6.08. The smallest absolute Gasteiger partial charge is 0.269 e. The zero-order chi connectivity index (χ0) is 12.8. The number of amides is 1. The van der Waals surface area contributed by atoms with Gasteiger partial charge in [0.25, 0.3) is 5.91 Å². The number of benzene rings is 1. The van der Waals surface area contributed by atoms with Gasteiger partial charge in [0.2, 0.25) is 0 Å². The van der Waals surface area contributed by atoms with Gasteiger partial charge in [-0.3, -0.25) is 4.79 Å². The fourth-order valence-corrected chi connectivity index (χ4v) is 1.68. The zero-order valence-corrected chi connectivity index (χ0v) is 10.3. The van der Waals surface area contributed by atoms with Crippen LogP contribution in [0.5, 0.6) is 5.75 Å². The van der Waals surface area contributed by atoms with Crippen molar-refractivity contribution in [3.05, 3.63) is 35.3 Å². The Morgan fingerprint density at radius 2 is 2.17 bits per heavy atom. The molecule has 0 saturated carbocycles. The number of hydrogen-bond acceptors (Lipinski definition) is 6. The summed E-state index contributed by atoms with van der Waals surface area (Å²) in [5, 5.41) is 6.35. The molecule has 2 rings (SSSR count). The van der Waals surface area contributed by atoms with E-state index < -0.39 is 0 Å². The average Bonchev–Trinajstić information content (AvgIpc) is 2.92. The van der Waals surface area contributed by atoms with E-state index in [1.54, 1.807) is 24.3 Å². The number of hydrogen-bond donors (Lipinski definition) is 2. The Hall–Kier alpha value is -1.99. The van der Waals surface area contributed by atoms with Crippen molar-refractivity contribution >= 4 is 23.1 Å². The number of carbonyl (C=O) groups is 1. The van der Waals surface area contributed by atoms with E-state index in [-0.39, 0.29) is 5.91 Å². The van der Waals surface area contributed by atoms with Gasteiger partial charge in [0.05, 0.1) is 6.20 Å². The Labute approximate surface area is 108 Å². The van der Waals surface area contributed by atoms with Gasteiger partial charge in [-0.1, -0.05) is 4.49 Å². The van der Waals surface area contributed by atoms with Crippen LogP contribution in [-0.2, 0) is 0 Å². The van der Waals surface area contributed by atoms with Crippen LogP contribution in [0.2, 0.25) is 0 Å². The van der Waals surface area contributed by atoms with E-state index in [1.807, 2.05) is 0 Å². The van der Waals surface area contributed by atoms with Gasteiger partial charge in [-0.05, 0) is 35.8 Å². The Morgan fingerprint density at radius 1 is 1.39 bits per heavy atom. The highest BCUT2D eigenvalue weighted by Crippen LogP contribution is 2.16. The summed E-state index contributed by atoms with van der Waals surface area (Å²) in [5.74, 6) is 0.499. The van der Waals surface area contributed by atoms with Crippen molar-refractivity contribution in [2.45, 2.75) is 0 Å². The summed E-state index contributed by atoms with van der Waals surface area (Å²) >= 11 is 1.05. The molecule has 6 nitrogen and oxygen atoms in total. The SMILES string of the molecule is NCCOc1ccc(NC(=O)c2cnns2)cc1. The molecule has 0 radical (unpaired) electrons. The minimum absolute atomic E-state index is 0.222. The normalized spacial score (nSPS) is 10.1. The molecule has 0 unspecified atom stereocenters. The van der Waals surface area contributed by atoms with E-state index in [0.29, 0.717) is 23.7 Å². The number of aromatic nitrogens is 2. The lowest BCUT2D eigenvalue weighted by molar-refractivity contribution is 0.103. The van der Waals surface area contributed by atoms with Gasteiger partial charge >= 0.3 is 0 Å². The molecule has 0 aliphatic heterocycles. The Kier molecular flexibility index (Phi) is 4.21. The van der Waals surface area contributed by atoms with Crippen LogP contribution in [0, 0.1) is 0 Å². The molecule has 0 saturated heterocycles. The minimum atomic E-state index is -0.222. The monoisotopic (exact) mass is 264 g/mol. The van der Waals surface area contributed by atoms with Gasteiger partial charge in [0.1, 0.15) is 17.2 Å². The number of nitrogens with zero attached hydrogens (tertiary/aromatic N) is 2. The van der Waals surface area contributed by atoms with Gasteiger partial charge in [-0.2, -0.15) is 0 Å². The van der Waals surface area contributed by atoms with Crippen LogP contribution in [0.1, 0.15) is 9.67 Å². The molecule has 18 heavy (non-hydrogen) atoms. The van der Waals surface area contributed by atoms with E-state index in [2.05, 4.69) is 14.9 Å². The Balaban J connectivity index is 1.96. The summed E-state index contributed by atoms with van der Waals surface area (Å²) in [5.41, 5.74) is 6.02. The first-order valence-electron chi connectivity index (χ1n) is 5.31. The molecule has 1 aromatic carbocycles. The fraction of sp³-hybridized carbons (Fsp3) is 0.182. The van der Waals surface area contributed by atoms with Gasteiger partial charge in [0, 0.05) is 12.2 Å². The summed E-state index contributed by atoms with van der Waals surface area (Å²) in [6, 6.07) is 7.07. The lowest BCUT2D eigenvalue weighted by atomic mass is 10.3. The molecule has 0 bridgehead atoms. The molecule has 94 valence electrons. The zero-order valence-electron chi connectivity index (χ0n) is 9.50. The van der Waals surface area contributed by atoms with Crippen LogP contribution in [0.15, 0.2) is 30.5 Å². The van der Waals surface area contributed by atoms with Crippen LogP contribution in [0.3, 0.4) is 0 Å². The summed E-state index contributed by atoms with van der Waals surface area (Å²) in [6.45, 7) is 0.940. The predicted molar refractivity (Wildman–Crippen MR) is 68.9 cm³/mol. The van der Waals surface area contributed by atoms with Crippen LogP contribution in [0.4, 0.5) is 5.69 Å². The van der Waals surface area contributed by atoms with Crippen LogP contribution in [0.25, 0.3) is 0 Å². The van der Waals surface area contributed by atoms with E-state index in [9.17, 15) is 4.79 Å². The molecule has 0 atom stereocenters. The highest BCUT2D eigenvalue weighted by atomic mass is 32.1. The number of carbonyl (C=O) groups excluding carboxylic acids is 1. The Bertz CT molecular complexity index is 498. The first kappa shape index (κ1) is 12.5. The van der Waals surface area contributed by atoms with Crippen molar-refractivity contribution in [3.8, 4) is 5.75 Å². The van der Waals surface area contributed by atoms with Gasteiger partial charge < -0.3 is 15.8 Å². The highest BCUT2D eigenvalue weighted by Gasteiger charge is 2.08. The first-order chi connectivity index (χ1) is 8.79. The molecule has 0 fully saturated rings. The standard InChI is InChI=1S/C11H12N4O2S/c12-5-6-17-9-3-1-8(2-4-9)14-11(16)10-7-13-15-18-10/h1-4,7H,5-6,12H2,(H,14,16). The summed E-state index contributed by atoms with van der Waals surface area (Å²) in [6.07, 6.45) is 1.43. The lowest BCUT2D eigenvalue weighted by Crippen LogP contribution is -2.11. The second kappa shape index (κ2) is 6.08. The third kappa shape index (κ3) is 3.25. The van der Waals surface area contributed by atoms with Gasteiger partial charge in [-0.15, -0.1) is 5.10 Å². The van der Waals surface area contributed by atoms with Crippen molar-refractivity contribution < 1.29 is 9.53 Å². The van der Waals surface area contributed by atoms with E-state index in [4.69, 9.17) is 10.5 Å². The van der Waals surface area contributed by atoms with Crippen molar-refractivity contribution in [1.82, 2.24) is 9.59 Å². The quantitative estimate of drug-likeness (QED) is 0.844. The molecule has 1 aromatic heterocycles.